The van der Waals surface area contributed by atoms with E-state index in [-0.39, 0.29) is 13.3 Å². The molecule has 0 fully saturated rings. The molecule has 1 unspecified atom stereocenters. The zero-order chi connectivity index (χ0) is 15.9. The van der Waals surface area contributed by atoms with Crippen molar-refractivity contribution in [2.75, 3.05) is 0 Å². The third-order valence-corrected chi connectivity index (χ3v) is 4.72. The Bertz CT molecular complexity index is 395. The molecular weight excluding hydrogens is 288 g/mol. The molecule has 0 aromatic heterocycles. The third-order valence-electron chi connectivity index (χ3n) is 3.82. The Morgan fingerprint density at radius 2 is 1.32 bits per heavy atom. The minimum absolute atomic E-state index is 0. The lowest BCUT2D eigenvalue weighted by Gasteiger charge is -2.10. The summed E-state index contributed by atoms with van der Waals surface area (Å²) in [4.78, 5) is 0. The Kier molecular flexibility index (Phi) is 17.8. The van der Waals surface area contributed by atoms with E-state index in [0.29, 0.717) is 5.05 Å². The van der Waals surface area contributed by atoms with Crippen molar-refractivity contribution in [2.45, 2.75) is 78.1 Å². The van der Waals surface area contributed by atoms with Crippen LogP contribution < -0.4 is 0 Å². The van der Waals surface area contributed by atoms with Crippen LogP contribution >= 0.6 is 9.66 Å². The first-order valence-electron chi connectivity index (χ1n) is 8.26. The maximum atomic E-state index is 9.87. The number of aliphatic hydroxyl groups excluding tert-OH is 1. The van der Waals surface area contributed by atoms with Crippen LogP contribution in [0.1, 0.15) is 78.1 Å². The molecule has 0 saturated carbocycles. The summed E-state index contributed by atoms with van der Waals surface area (Å²) in [7, 11) is -0.511. The van der Waals surface area contributed by atoms with E-state index in [0.717, 1.165) is 19.3 Å². The summed E-state index contributed by atoms with van der Waals surface area (Å²) in [6, 6.07) is 0. The highest BCUT2D eigenvalue weighted by molar-refractivity contribution is 8.10. The van der Waals surface area contributed by atoms with E-state index < -0.39 is 9.66 Å². The van der Waals surface area contributed by atoms with E-state index in [1.54, 1.807) is 0 Å². The van der Waals surface area contributed by atoms with Crippen LogP contribution in [-0.4, -0.2) is 21.9 Å². The van der Waals surface area contributed by atoms with Gasteiger partial charge in [0.15, 0.2) is 0 Å². The SMILES string of the molecule is C.C=CCCCCCCCCCCCC(C=C)C(O)=S(=C)=C. The number of hydrogen-bond acceptors (Lipinski definition) is 0. The van der Waals surface area contributed by atoms with E-state index in [9.17, 15) is 5.11 Å². The van der Waals surface area contributed by atoms with Crippen molar-refractivity contribution >= 4 is 26.5 Å². The van der Waals surface area contributed by atoms with Crippen molar-refractivity contribution in [1.82, 2.24) is 0 Å². The second kappa shape index (κ2) is 16.6. The highest BCUT2D eigenvalue weighted by atomic mass is 32.1. The summed E-state index contributed by atoms with van der Waals surface area (Å²) < 4.78 is 0. The first-order valence-corrected chi connectivity index (χ1v) is 9.82. The summed E-state index contributed by atoms with van der Waals surface area (Å²) >= 11 is 0. The van der Waals surface area contributed by atoms with Gasteiger partial charge in [-0.2, -0.15) is 9.66 Å². The second-order valence-electron chi connectivity index (χ2n) is 5.72. The van der Waals surface area contributed by atoms with Gasteiger partial charge < -0.3 is 5.11 Å². The molecule has 22 heavy (non-hydrogen) atoms. The topological polar surface area (TPSA) is 20.2 Å². The minimum Gasteiger partial charge on any atom is -0.355 e. The number of rotatable bonds is 14. The van der Waals surface area contributed by atoms with Gasteiger partial charge in [0.05, 0.1) is 5.05 Å². The Hall–Kier alpha value is -0.730. The number of hydrogen-bond donors (Lipinski definition) is 1. The van der Waals surface area contributed by atoms with Crippen LogP contribution in [0.4, 0.5) is 0 Å². The summed E-state index contributed by atoms with van der Waals surface area (Å²) in [5.74, 6) is 7.65. The molecule has 2 heteroatoms. The Morgan fingerprint density at radius 1 is 0.864 bits per heavy atom. The minimum atomic E-state index is -0.511. The van der Waals surface area contributed by atoms with Gasteiger partial charge in [-0.05, 0) is 19.3 Å². The van der Waals surface area contributed by atoms with Gasteiger partial charge in [0, 0.05) is 5.92 Å². The molecule has 0 aromatic carbocycles. The standard InChI is InChI=1S/C19H34OS.CH4/c1-5-7-8-9-10-11-12-13-14-15-16-17-18(6-2)19(20)21(3)4;/h5-6,18,20H,1-4,7-17H2;1H4. The Morgan fingerprint density at radius 3 is 1.73 bits per heavy atom. The van der Waals surface area contributed by atoms with Crippen molar-refractivity contribution in [3.8, 4) is 0 Å². The quantitative estimate of drug-likeness (QED) is 0.213. The summed E-state index contributed by atoms with van der Waals surface area (Å²) in [6.07, 6.45) is 17.8. The summed E-state index contributed by atoms with van der Waals surface area (Å²) in [5.41, 5.74) is 0. The first-order chi connectivity index (χ1) is 10.1. The van der Waals surface area contributed by atoms with Gasteiger partial charge in [0.1, 0.15) is 0 Å². The number of unbranched alkanes of at least 4 members (excludes halogenated alkanes) is 9. The van der Waals surface area contributed by atoms with E-state index in [1.165, 1.54) is 51.4 Å². The molecule has 1 nitrogen and oxygen atoms in total. The molecule has 0 saturated heterocycles. The van der Waals surface area contributed by atoms with Gasteiger partial charge in [-0.15, -0.1) is 13.2 Å². The van der Waals surface area contributed by atoms with Gasteiger partial charge in [-0.25, -0.2) is 0 Å². The van der Waals surface area contributed by atoms with Crippen LogP contribution in [0, 0.1) is 5.92 Å². The maximum Gasteiger partial charge on any atom is 0.0987 e. The maximum absolute atomic E-state index is 9.87. The third kappa shape index (κ3) is 13.0. The lowest BCUT2D eigenvalue weighted by Crippen LogP contribution is -2.09. The molecule has 0 aliphatic carbocycles. The highest BCUT2D eigenvalue weighted by Gasteiger charge is 2.07. The molecule has 0 aliphatic heterocycles. The Labute approximate surface area is 141 Å². The molecule has 1 atom stereocenters. The lowest BCUT2D eigenvalue weighted by molar-refractivity contribution is 0.493. The first kappa shape index (κ1) is 23.5. The van der Waals surface area contributed by atoms with Crippen LogP contribution in [0.15, 0.2) is 25.3 Å². The molecule has 0 heterocycles. The molecule has 0 bridgehead atoms. The number of aliphatic hydroxyl groups is 1. The average Bonchev–Trinajstić information content (AvgIpc) is 2.48. The fraction of sp³-hybridized carbons (Fsp3) is 0.650. The van der Waals surface area contributed by atoms with Gasteiger partial charge >= 0.3 is 0 Å². The normalized spacial score (nSPS) is 11.3. The molecule has 0 amide bonds. The van der Waals surface area contributed by atoms with Gasteiger partial charge in [-0.1, -0.05) is 82.7 Å². The molecule has 0 radical (unpaired) electrons. The fourth-order valence-corrected chi connectivity index (χ4v) is 3.09. The molecule has 130 valence electrons. The van der Waals surface area contributed by atoms with Crippen molar-refractivity contribution in [3.63, 3.8) is 0 Å². The predicted octanol–water partition coefficient (Wildman–Crippen LogP) is 6.72. The molecule has 0 spiro atoms. The average molecular weight is 327 g/mol. The van der Waals surface area contributed by atoms with Crippen LogP contribution in [0.25, 0.3) is 0 Å². The van der Waals surface area contributed by atoms with Gasteiger partial charge in [-0.3, -0.25) is 0 Å². The van der Waals surface area contributed by atoms with Crippen molar-refractivity contribution < 1.29 is 5.11 Å². The number of allylic oxidation sites excluding steroid dienone is 1. The molecule has 1 N–H and O–H groups in total. The van der Waals surface area contributed by atoms with Crippen molar-refractivity contribution in [1.29, 1.82) is 0 Å². The fourth-order valence-electron chi connectivity index (χ4n) is 2.45. The molecular formula is C20H38OS. The zero-order valence-electron chi connectivity index (χ0n) is 13.7. The molecule has 0 rings (SSSR count). The van der Waals surface area contributed by atoms with Crippen LogP contribution in [0.3, 0.4) is 0 Å². The molecule has 0 aliphatic rings. The van der Waals surface area contributed by atoms with Crippen LogP contribution in [0.2, 0.25) is 0 Å². The van der Waals surface area contributed by atoms with E-state index in [4.69, 9.17) is 0 Å². The van der Waals surface area contributed by atoms with Gasteiger partial charge in [0.25, 0.3) is 0 Å². The largest absolute Gasteiger partial charge is 0.355 e. The highest BCUT2D eigenvalue weighted by Crippen LogP contribution is 2.16. The Balaban J connectivity index is 0. The van der Waals surface area contributed by atoms with Crippen LogP contribution in [-0.2, 0) is 0 Å². The smallest absolute Gasteiger partial charge is 0.0987 e. The van der Waals surface area contributed by atoms with Gasteiger partial charge in [0.2, 0.25) is 0 Å². The second-order valence-corrected chi connectivity index (χ2v) is 7.13. The van der Waals surface area contributed by atoms with Crippen molar-refractivity contribution in [3.05, 3.63) is 25.3 Å². The summed E-state index contributed by atoms with van der Waals surface area (Å²) in [5, 5.41) is 10.3. The zero-order valence-corrected chi connectivity index (χ0v) is 14.5. The van der Waals surface area contributed by atoms with E-state index in [2.05, 4.69) is 24.9 Å². The van der Waals surface area contributed by atoms with E-state index in [1.807, 2.05) is 12.2 Å². The van der Waals surface area contributed by atoms with Crippen LogP contribution in [0.5, 0.6) is 0 Å². The molecule has 0 aromatic rings. The lowest BCUT2D eigenvalue weighted by atomic mass is 10.0. The van der Waals surface area contributed by atoms with E-state index >= 15 is 0 Å². The predicted molar refractivity (Wildman–Crippen MR) is 111 cm³/mol. The monoisotopic (exact) mass is 326 g/mol. The van der Waals surface area contributed by atoms with Crippen molar-refractivity contribution in [2.24, 2.45) is 5.92 Å². The summed E-state index contributed by atoms with van der Waals surface area (Å²) in [6.45, 7) is 7.54.